The third-order valence-corrected chi connectivity index (χ3v) is 5.49. The highest BCUT2D eigenvalue weighted by Gasteiger charge is 2.20. The lowest BCUT2D eigenvalue weighted by Gasteiger charge is -2.06. The van der Waals surface area contributed by atoms with E-state index in [4.69, 9.17) is 10.2 Å². The summed E-state index contributed by atoms with van der Waals surface area (Å²) in [4.78, 5) is 25.7. The number of nitrogens with two attached hydrogens (primary N) is 1. The number of benzene rings is 2. The Hall–Kier alpha value is -4.07. The lowest BCUT2D eigenvalue weighted by molar-refractivity contribution is 0.104. The van der Waals surface area contributed by atoms with Crippen LogP contribution in [0.15, 0.2) is 57.8 Å². The van der Waals surface area contributed by atoms with Gasteiger partial charge in [-0.1, -0.05) is 62.6 Å². The molecule has 4 rings (SSSR count). The first-order valence-electron chi connectivity index (χ1n) is 11.0. The maximum atomic E-state index is 13.0. The summed E-state index contributed by atoms with van der Waals surface area (Å²) < 4.78 is 5.83. The van der Waals surface area contributed by atoms with Gasteiger partial charge in [0.05, 0.1) is 10.9 Å². The second kappa shape index (κ2) is 10.0. The van der Waals surface area contributed by atoms with Crippen LogP contribution in [0.25, 0.3) is 28.6 Å². The van der Waals surface area contributed by atoms with Gasteiger partial charge in [-0.3, -0.25) is 9.59 Å². The Morgan fingerprint density at radius 3 is 2.67 bits per heavy atom. The number of para-hydroxylation sites is 1. The fourth-order valence-electron chi connectivity index (χ4n) is 3.66. The quantitative estimate of drug-likeness (QED) is 0.220. The molecular weight excluding hydrogens is 418 g/mol. The maximum absolute atomic E-state index is 13.0. The predicted octanol–water partition coefficient (Wildman–Crippen LogP) is 4.57. The molecule has 0 amide bonds. The molecule has 168 valence electrons. The fourth-order valence-corrected chi connectivity index (χ4v) is 3.66. The van der Waals surface area contributed by atoms with E-state index in [1.54, 1.807) is 24.3 Å². The lowest BCUT2D eigenvalue weighted by atomic mass is 10.0. The minimum absolute atomic E-state index is 0.0278. The Bertz CT molecular complexity index is 1340. The van der Waals surface area contributed by atoms with Crippen LogP contribution in [0.3, 0.4) is 0 Å². The molecule has 4 aromatic rings. The lowest BCUT2D eigenvalue weighted by Crippen LogP contribution is -2.12. The van der Waals surface area contributed by atoms with Crippen LogP contribution in [0, 0.1) is 0 Å². The molecule has 0 saturated heterocycles. The second-order valence-electron chi connectivity index (χ2n) is 7.84. The van der Waals surface area contributed by atoms with Crippen LogP contribution >= 0.6 is 0 Å². The second-order valence-corrected chi connectivity index (χ2v) is 7.84. The summed E-state index contributed by atoms with van der Waals surface area (Å²) in [7, 11) is 0. The molecule has 0 atom stereocenters. The number of anilines is 1. The molecule has 0 unspecified atom stereocenters. The summed E-state index contributed by atoms with van der Waals surface area (Å²) in [5, 5.41) is 13.6. The van der Waals surface area contributed by atoms with Gasteiger partial charge in [-0.15, -0.1) is 10.2 Å². The normalized spacial score (nSPS) is 11.4. The number of hydrogen-bond donors (Lipinski definition) is 2. The molecule has 0 aliphatic heterocycles. The molecule has 8 heteroatoms. The van der Waals surface area contributed by atoms with Crippen LogP contribution in [0.5, 0.6) is 0 Å². The number of nitrogens with zero attached hydrogens (tertiary/aromatic N) is 3. The standard InChI is InChI=1S/C25H25N5O3/c1-2-3-4-5-7-16-10-12-17(13-11-16)14-15-20(31)18-8-6-9-19-22(32)21(26)24(33-23(18)19)25-27-29-30-28-25/h6,8-15H,2-5,7,26H2,1H3,(H,27,28,29,30). The number of nitrogens with one attached hydrogen (secondary N) is 1. The van der Waals surface area contributed by atoms with Gasteiger partial charge >= 0.3 is 0 Å². The molecular formula is C25H25N5O3. The number of fused-ring (bicyclic) bond motifs is 1. The highest BCUT2D eigenvalue weighted by atomic mass is 16.3. The average Bonchev–Trinajstić information content (AvgIpc) is 3.38. The molecule has 3 N–H and O–H groups in total. The molecule has 2 aromatic heterocycles. The summed E-state index contributed by atoms with van der Waals surface area (Å²) in [6, 6.07) is 13.0. The number of rotatable bonds is 9. The van der Waals surface area contributed by atoms with Crippen molar-refractivity contribution in [3.8, 4) is 11.6 Å². The number of aryl methyl sites for hydroxylation is 1. The number of hydrogen-bond acceptors (Lipinski definition) is 7. The van der Waals surface area contributed by atoms with Gasteiger partial charge in [-0.05, 0) is 47.4 Å². The van der Waals surface area contributed by atoms with Gasteiger partial charge in [-0.25, -0.2) is 0 Å². The van der Waals surface area contributed by atoms with Crippen molar-refractivity contribution in [3.05, 3.63) is 75.5 Å². The fraction of sp³-hybridized carbons (Fsp3) is 0.240. The molecule has 0 bridgehead atoms. The van der Waals surface area contributed by atoms with Gasteiger partial charge in [0.2, 0.25) is 17.0 Å². The predicted molar refractivity (Wildman–Crippen MR) is 128 cm³/mol. The van der Waals surface area contributed by atoms with E-state index in [2.05, 4.69) is 39.7 Å². The zero-order chi connectivity index (χ0) is 23.2. The van der Waals surface area contributed by atoms with E-state index in [0.29, 0.717) is 0 Å². The molecule has 0 spiro atoms. The van der Waals surface area contributed by atoms with Crippen LogP contribution < -0.4 is 11.2 Å². The molecule has 33 heavy (non-hydrogen) atoms. The first-order valence-corrected chi connectivity index (χ1v) is 11.0. The monoisotopic (exact) mass is 443 g/mol. The van der Waals surface area contributed by atoms with Crippen molar-refractivity contribution in [2.45, 2.75) is 39.0 Å². The molecule has 2 heterocycles. The van der Waals surface area contributed by atoms with Crippen molar-refractivity contribution in [2.75, 3.05) is 5.73 Å². The number of nitrogen functional groups attached to an aromatic ring is 1. The van der Waals surface area contributed by atoms with Crippen LogP contribution in [0.2, 0.25) is 0 Å². The summed E-state index contributed by atoms with van der Waals surface area (Å²) in [6.45, 7) is 2.21. The highest BCUT2D eigenvalue weighted by molar-refractivity contribution is 6.13. The Morgan fingerprint density at radius 1 is 1.12 bits per heavy atom. The van der Waals surface area contributed by atoms with Crippen LogP contribution in [0.4, 0.5) is 5.69 Å². The van der Waals surface area contributed by atoms with Crippen molar-refractivity contribution < 1.29 is 9.21 Å². The highest BCUT2D eigenvalue weighted by Crippen LogP contribution is 2.27. The summed E-state index contributed by atoms with van der Waals surface area (Å²) in [5.74, 6) is -0.282. The molecule has 0 aliphatic rings. The number of unbranched alkanes of at least 4 members (excludes halogenated alkanes) is 3. The summed E-state index contributed by atoms with van der Waals surface area (Å²) in [6.07, 6.45) is 9.19. The molecule has 0 saturated carbocycles. The number of H-pyrrole nitrogens is 1. The van der Waals surface area contributed by atoms with Crippen LogP contribution in [-0.2, 0) is 6.42 Å². The third-order valence-electron chi connectivity index (χ3n) is 5.49. The zero-order valence-corrected chi connectivity index (χ0v) is 18.4. The molecule has 8 nitrogen and oxygen atoms in total. The van der Waals surface area contributed by atoms with Gasteiger partial charge in [-0.2, -0.15) is 5.21 Å². The van der Waals surface area contributed by atoms with Crippen molar-refractivity contribution in [3.63, 3.8) is 0 Å². The van der Waals surface area contributed by atoms with E-state index in [1.165, 1.54) is 37.3 Å². The minimum atomic E-state index is -0.454. The van der Waals surface area contributed by atoms with Gasteiger partial charge in [0.1, 0.15) is 11.3 Å². The number of aromatic nitrogens is 4. The minimum Gasteiger partial charge on any atom is -0.449 e. The number of ketones is 1. The van der Waals surface area contributed by atoms with Crippen molar-refractivity contribution in [1.82, 2.24) is 20.6 Å². The third kappa shape index (κ3) is 4.90. The van der Waals surface area contributed by atoms with E-state index < -0.39 is 5.43 Å². The van der Waals surface area contributed by atoms with E-state index in [1.807, 2.05) is 12.1 Å². The van der Waals surface area contributed by atoms with E-state index in [0.717, 1.165) is 12.0 Å². The van der Waals surface area contributed by atoms with Gasteiger partial charge in [0, 0.05) is 0 Å². The first kappa shape index (κ1) is 22.1. The molecule has 0 radical (unpaired) electrons. The van der Waals surface area contributed by atoms with Gasteiger partial charge < -0.3 is 10.2 Å². The zero-order valence-electron chi connectivity index (χ0n) is 18.4. The number of tetrazole rings is 1. The number of allylic oxidation sites excluding steroid dienone is 1. The summed E-state index contributed by atoms with van der Waals surface area (Å²) >= 11 is 0. The van der Waals surface area contributed by atoms with Crippen molar-refractivity contribution >= 4 is 28.5 Å². The Kier molecular flexibility index (Phi) is 6.73. The Morgan fingerprint density at radius 2 is 1.94 bits per heavy atom. The van der Waals surface area contributed by atoms with Crippen LogP contribution in [0.1, 0.15) is 54.1 Å². The van der Waals surface area contributed by atoms with Crippen molar-refractivity contribution in [1.29, 1.82) is 0 Å². The number of carbonyl (C=O) groups excluding carboxylic acids is 1. The van der Waals surface area contributed by atoms with Crippen LogP contribution in [-0.4, -0.2) is 26.4 Å². The van der Waals surface area contributed by atoms with E-state index in [-0.39, 0.29) is 39.6 Å². The van der Waals surface area contributed by atoms with E-state index >= 15 is 0 Å². The molecule has 0 fully saturated rings. The largest absolute Gasteiger partial charge is 0.449 e. The maximum Gasteiger partial charge on any atom is 0.242 e. The smallest absolute Gasteiger partial charge is 0.242 e. The summed E-state index contributed by atoms with van der Waals surface area (Å²) in [5.41, 5.74) is 7.92. The Balaban J connectivity index is 1.58. The number of carbonyl (C=O) groups is 1. The SMILES string of the molecule is CCCCCCc1ccc(C=CC(=O)c2cccc3c(=O)c(N)c(-c4nn[nH]n4)oc23)cc1. The topological polar surface area (TPSA) is 128 Å². The number of aromatic amines is 1. The van der Waals surface area contributed by atoms with E-state index in [9.17, 15) is 9.59 Å². The average molecular weight is 444 g/mol. The molecule has 0 aliphatic carbocycles. The molecule has 2 aromatic carbocycles. The Labute approximate surface area is 190 Å². The van der Waals surface area contributed by atoms with Gasteiger partial charge in [0.15, 0.2) is 5.78 Å². The first-order chi connectivity index (χ1) is 16.1. The van der Waals surface area contributed by atoms with Crippen molar-refractivity contribution in [2.24, 2.45) is 0 Å². The van der Waals surface area contributed by atoms with Gasteiger partial charge in [0.25, 0.3) is 0 Å².